The molecule has 0 unspecified atom stereocenters. The van der Waals surface area contributed by atoms with Gasteiger partial charge in [-0.25, -0.2) is 0 Å². The number of carbonyl (C=O) groups is 1. The predicted octanol–water partition coefficient (Wildman–Crippen LogP) is 3.55. The molecule has 20 heavy (non-hydrogen) atoms. The van der Waals surface area contributed by atoms with E-state index in [1.165, 1.54) is 30.4 Å². The first kappa shape index (κ1) is 14.9. The van der Waals surface area contributed by atoms with Gasteiger partial charge in [0, 0.05) is 24.7 Å². The van der Waals surface area contributed by atoms with E-state index in [4.69, 9.17) is 0 Å². The van der Waals surface area contributed by atoms with E-state index in [9.17, 15) is 4.79 Å². The second kappa shape index (κ2) is 7.32. The van der Waals surface area contributed by atoms with Crippen molar-refractivity contribution in [3.8, 4) is 0 Å². The summed E-state index contributed by atoms with van der Waals surface area (Å²) in [5.41, 5.74) is 3.63. The number of hydrogen-bond donors (Lipinski definition) is 2. The molecule has 1 amide bonds. The number of nitrogens with one attached hydrogen (secondary N) is 2. The molecule has 0 saturated heterocycles. The highest BCUT2D eigenvalue weighted by atomic mass is 16.1. The van der Waals surface area contributed by atoms with Crippen LogP contribution in [0.15, 0.2) is 18.2 Å². The maximum Gasteiger partial charge on any atom is 0.221 e. The summed E-state index contributed by atoms with van der Waals surface area (Å²) in [7, 11) is 0. The molecule has 1 fully saturated rings. The molecule has 1 aliphatic carbocycles. The molecule has 0 radical (unpaired) electrons. The number of anilines is 1. The summed E-state index contributed by atoms with van der Waals surface area (Å²) < 4.78 is 0. The third-order valence-corrected chi connectivity index (χ3v) is 4.02. The summed E-state index contributed by atoms with van der Waals surface area (Å²) in [5.74, 6) is 0.175. The molecular weight excluding hydrogens is 248 g/mol. The van der Waals surface area contributed by atoms with Gasteiger partial charge in [0.2, 0.25) is 5.91 Å². The molecule has 3 nitrogen and oxygen atoms in total. The Hall–Kier alpha value is -1.51. The average molecular weight is 274 g/mol. The Balaban J connectivity index is 1.70. The normalized spacial score (nSPS) is 15.9. The topological polar surface area (TPSA) is 41.1 Å². The minimum absolute atomic E-state index is 0.175. The number of rotatable bonds is 5. The fraction of sp³-hybridized carbons (Fsp3) is 0.588. The first-order valence-corrected chi connectivity index (χ1v) is 7.75. The Kier molecular flexibility index (Phi) is 5.45. The smallest absolute Gasteiger partial charge is 0.221 e. The van der Waals surface area contributed by atoms with Crippen LogP contribution in [0.5, 0.6) is 0 Å². The molecule has 110 valence electrons. The van der Waals surface area contributed by atoms with Crippen molar-refractivity contribution < 1.29 is 4.79 Å². The Morgan fingerprint density at radius 1 is 1.20 bits per heavy atom. The molecule has 2 N–H and O–H groups in total. The van der Waals surface area contributed by atoms with Crippen LogP contribution in [0.1, 0.15) is 49.7 Å². The predicted molar refractivity (Wildman–Crippen MR) is 84.0 cm³/mol. The van der Waals surface area contributed by atoms with Crippen molar-refractivity contribution in [3.63, 3.8) is 0 Å². The first-order chi connectivity index (χ1) is 9.65. The van der Waals surface area contributed by atoms with Crippen LogP contribution in [0.4, 0.5) is 5.69 Å². The Morgan fingerprint density at radius 2 is 1.95 bits per heavy atom. The second-order valence-corrected chi connectivity index (χ2v) is 5.90. The number of hydrogen-bond acceptors (Lipinski definition) is 2. The fourth-order valence-electron chi connectivity index (χ4n) is 2.87. The van der Waals surface area contributed by atoms with Crippen molar-refractivity contribution in [1.29, 1.82) is 0 Å². The Labute approximate surface area is 122 Å². The Bertz CT molecular complexity index is 450. The standard InChI is InChI=1S/C17H26N2O/c1-13-8-9-16(14(2)12-13)18-11-10-17(20)19-15-6-4-3-5-7-15/h8-9,12,15,18H,3-7,10-11H2,1-2H3,(H,19,20). The van der Waals surface area contributed by atoms with E-state index in [1.54, 1.807) is 0 Å². The number of benzene rings is 1. The quantitative estimate of drug-likeness (QED) is 0.862. The molecule has 2 rings (SSSR count). The Morgan fingerprint density at radius 3 is 2.65 bits per heavy atom. The van der Waals surface area contributed by atoms with Crippen LogP contribution in [0.25, 0.3) is 0 Å². The maximum atomic E-state index is 11.9. The van der Waals surface area contributed by atoms with Crippen LogP contribution >= 0.6 is 0 Å². The van der Waals surface area contributed by atoms with Gasteiger partial charge < -0.3 is 10.6 Å². The van der Waals surface area contributed by atoms with Gasteiger partial charge in [-0.15, -0.1) is 0 Å². The van der Waals surface area contributed by atoms with E-state index in [-0.39, 0.29) is 5.91 Å². The van der Waals surface area contributed by atoms with E-state index in [2.05, 4.69) is 42.7 Å². The molecule has 0 spiro atoms. The van der Waals surface area contributed by atoms with Crippen LogP contribution in [0.2, 0.25) is 0 Å². The van der Waals surface area contributed by atoms with Crippen LogP contribution in [0, 0.1) is 13.8 Å². The van der Waals surface area contributed by atoms with Crippen molar-refractivity contribution in [2.45, 2.75) is 58.4 Å². The summed E-state index contributed by atoms with van der Waals surface area (Å²) in [6, 6.07) is 6.75. The van der Waals surface area contributed by atoms with Gasteiger partial charge in [-0.1, -0.05) is 37.0 Å². The molecule has 0 atom stereocenters. The number of amides is 1. The molecule has 1 aliphatic rings. The lowest BCUT2D eigenvalue weighted by molar-refractivity contribution is -0.121. The largest absolute Gasteiger partial charge is 0.384 e. The second-order valence-electron chi connectivity index (χ2n) is 5.90. The van der Waals surface area contributed by atoms with Gasteiger partial charge in [0.15, 0.2) is 0 Å². The van der Waals surface area contributed by atoms with Crippen LogP contribution < -0.4 is 10.6 Å². The summed E-state index contributed by atoms with van der Waals surface area (Å²) >= 11 is 0. The minimum Gasteiger partial charge on any atom is -0.384 e. The van der Waals surface area contributed by atoms with E-state index >= 15 is 0 Å². The summed E-state index contributed by atoms with van der Waals surface area (Å²) in [6.07, 6.45) is 6.68. The highest BCUT2D eigenvalue weighted by molar-refractivity contribution is 5.76. The zero-order valence-electron chi connectivity index (χ0n) is 12.7. The SMILES string of the molecule is Cc1ccc(NCCC(=O)NC2CCCCC2)c(C)c1. The zero-order chi connectivity index (χ0) is 14.4. The fourth-order valence-corrected chi connectivity index (χ4v) is 2.87. The average Bonchev–Trinajstić information content (AvgIpc) is 2.42. The molecule has 0 aromatic heterocycles. The van der Waals surface area contributed by atoms with Crippen molar-refractivity contribution in [3.05, 3.63) is 29.3 Å². The third kappa shape index (κ3) is 4.55. The highest BCUT2D eigenvalue weighted by Crippen LogP contribution is 2.18. The summed E-state index contributed by atoms with van der Waals surface area (Å²) in [5, 5.41) is 6.50. The molecule has 1 aromatic rings. The van der Waals surface area contributed by atoms with Crippen LogP contribution in [0.3, 0.4) is 0 Å². The van der Waals surface area contributed by atoms with Crippen molar-refractivity contribution >= 4 is 11.6 Å². The molecule has 1 saturated carbocycles. The van der Waals surface area contributed by atoms with Crippen molar-refractivity contribution in [1.82, 2.24) is 5.32 Å². The molecule has 0 aliphatic heterocycles. The third-order valence-electron chi connectivity index (χ3n) is 4.02. The number of aryl methyl sites for hydroxylation is 2. The lowest BCUT2D eigenvalue weighted by Crippen LogP contribution is -2.36. The van der Waals surface area contributed by atoms with Crippen LogP contribution in [-0.2, 0) is 4.79 Å². The highest BCUT2D eigenvalue weighted by Gasteiger charge is 2.15. The van der Waals surface area contributed by atoms with Gasteiger partial charge in [-0.3, -0.25) is 4.79 Å². The zero-order valence-corrected chi connectivity index (χ0v) is 12.7. The molecule has 1 aromatic carbocycles. The van der Waals surface area contributed by atoms with Gasteiger partial charge in [0.25, 0.3) is 0 Å². The van der Waals surface area contributed by atoms with E-state index in [1.807, 2.05) is 0 Å². The summed E-state index contributed by atoms with van der Waals surface area (Å²) in [6.45, 7) is 4.88. The molecule has 0 bridgehead atoms. The summed E-state index contributed by atoms with van der Waals surface area (Å²) in [4.78, 5) is 11.9. The van der Waals surface area contributed by atoms with Gasteiger partial charge in [0.1, 0.15) is 0 Å². The van der Waals surface area contributed by atoms with E-state index < -0.39 is 0 Å². The number of carbonyl (C=O) groups excluding carboxylic acids is 1. The van der Waals surface area contributed by atoms with E-state index in [0.717, 1.165) is 18.5 Å². The van der Waals surface area contributed by atoms with Gasteiger partial charge in [-0.2, -0.15) is 0 Å². The molecule has 3 heteroatoms. The van der Waals surface area contributed by atoms with Crippen molar-refractivity contribution in [2.24, 2.45) is 0 Å². The minimum atomic E-state index is 0.175. The lowest BCUT2D eigenvalue weighted by Gasteiger charge is -2.22. The molecular formula is C17H26N2O. The van der Waals surface area contributed by atoms with Crippen molar-refractivity contribution in [2.75, 3.05) is 11.9 Å². The van der Waals surface area contributed by atoms with Gasteiger partial charge in [0.05, 0.1) is 0 Å². The lowest BCUT2D eigenvalue weighted by atomic mass is 9.95. The molecule has 0 heterocycles. The van der Waals surface area contributed by atoms with Gasteiger partial charge in [-0.05, 0) is 38.3 Å². The van der Waals surface area contributed by atoms with Gasteiger partial charge >= 0.3 is 0 Å². The maximum absolute atomic E-state index is 11.9. The van der Waals surface area contributed by atoms with E-state index in [0.29, 0.717) is 19.0 Å². The van der Waals surface area contributed by atoms with Crippen LogP contribution in [-0.4, -0.2) is 18.5 Å². The first-order valence-electron chi connectivity index (χ1n) is 7.75. The monoisotopic (exact) mass is 274 g/mol.